The van der Waals surface area contributed by atoms with Crippen LogP contribution in [-0.4, -0.2) is 33.8 Å². The first kappa shape index (κ1) is 13.7. The normalized spacial score (nSPS) is 26.8. The maximum Gasteiger partial charge on any atom is 0.326 e. The average molecular weight is 241 g/mol. The number of rotatable bonds is 4. The first-order valence-electron chi connectivity index (χ1n) is 5.85. The highest BCUT2D eigenvalue weighted by molar-refractivity contribution is 6.08. The van der Waals surface area contributed by atoms with Crippen molar-refractivity contribution in [1.29, 1.82) is 0 Å². The van der Waals surface area contributed by atoms with Crippen LogP contribution in [0.5, 0.6) is 0 Å². The van der Waals surface area contributed by atoms with Gasteiger partial charge in [-0.25, -0.2) is 4.79 Å². The molecule has 1 aliphatic rings. The quantitative estimate of drug-likeness (QED) is 0.752. The smallest absolute Gasteiger partial charge is 0.326 e. The minimum absolute atomic E-state index is 0.00949. The Hall–Kier alpha value is -1.39. The van der Waals surface area contributed by atoms with E-state index in [0.29, 0.717) is 0 Å². The highest BCUT2D eigenvalue weighted by Gasteiger charge is 2.52. The molecule has 5 nitrogen and oxygen atoms in total. The largest absolute Gasteiger partial charge is 0.480 e. The van der Waals surface area contributed by atoms with E-state index in [9.17, 15) is 14.4 Å². The van der Waals surface area contributed by atoms with Crippen molar-refractivity contribution in [2.75, 3.05) is 0 Å². The molecule has 0 bridgehead atoms. The van der Waals surface area contributed by atoms with Gasteiger partial charge in [0.1, 0.15) is 6.04 Å². The summed E-state index contributed by atoms with van der Waals surface area (Å²) in [4.78, 5) is 36.1. The van der Waals surface area contributed by atoms with Gasteiger partial charge in [0.05, 0.1) is 5.41 Å². The Morgan fingerprint density at radius 3 is 2.29 bits per heavy atom. The lowest BCUT2D eigenvalue weighted by molar-refractivity contribution is -0.156. The third-order valence-corrected chi connectivity index (χ3v) is 3.75. The third-order valence-electron chi connectivity index (χ3n) is 3.75. The number of carboxylic acid groups (broad SMARTS) is 1. The minimum atomic E-state index is -1.12. The SMILES string of the molecule is CCC(C(=O)O)N1C(=O)CC(C)(C(C)C)C1=O. The highest BCUT2D eigenvalue weighted by atomic mass is 16.4. The Kier molecular flexibility index (Phi) is 3.59. The molecule has 0 radical (unpaired) electrons. The second-order valence-electron chi connectivity index (χ2n) is 5.08. The Morgan fingerprint density at radius 1 is 1.47 bits per heavy atom. The number of carbonyl (C=O) groups is 3. The summed E-state index contributed by atoms with van der Waals surface area (Å²) in [5, 5.41) is 9.03. The van der Waals surface area contributed by atoms with Crippen molar-refractivity contribution in [3.63, 3.8) is 0 Å². The predicted octanol–water partition coefficient (Wildman–Crippen LogP) is 1.27. The molecule has 0 aromatic carbocycles. The average Bonchev–Trinajstić information content (AvgIpc) is 2.43. The summed E-state index contributed by atoms with van der Waals surface area (Å²) < 4.78 is 0. The van der Waals surface area contributed by atoms with E-state index in [2.05, 4.69) is 0 Å². The molecule has 0 aromatic rings. The fourth-order valence-electron chi connectivity index (χ4n) is 2.10. The minimum Gasteiger partial charge on any atom is -0.480 e. The number of carboxylic acids is 1. The topological polar surface area (TPSA) is 74.7 Å². The molecule has 2 unspecified atom stereocenters. The summed E-state index contributed by atoms with van der Waals surface area (Å²) in [5.41, 5.74) is -0.764. The molecule has 1 aliphatic heterocycles. The van der Waals surface area contributed by atoms with Gasteiger partial charge in [-0.1, -0.05) is 20.8 Å². The number of imide groups is 1. The second-order valence-corrected chi connectivity index (χ2v) is 5.08. The molecule has 2 amide bonds. The maximum atomic E-state index is 12.2. The van der Waals surface area contributed by atoms with Crippen LogP contribution in [0.25, 0.3) is 0 Å². The number of aliphatic carboxylic acids is 1. The lowest BCUT2D eigenvalue weighted by Crippen LogP contribution is -2.46. The van der Waals surface area contributed by atoms with Gasteiger partial charge in [-0.15, -0.1) is 0 Å². The van der Waals surface area contributed by atoms with E-state index in [1.807, 2.05) is 13.8 Å². The zero-order valence-corrected chi connectivity index (χ0v) is 10.7. The van der Waals surface area contributed by atoms with E-state index < -0.39 is 17.4 Å². The van der Waals surface area contributed by atoms with Gasteiger partial charge in [0, 0.05) is 6.42 Å². The Bertz CT molecular complexity index is 364. The van der Waals surface area contributed by atoms with Gasteiger partial charge in [-0.3, -0.25) is 14.5 Å². The van der Waals surface area contributed by atoms with Crippen LogP contribution in [0.1, 0.15) is 40.5 Å². The second kappa shape index (κ2) is 4.47. The van der Waals surface area contributed by atoms with Crippen LogP contribution in [-0.2, 0) is 14.4 Å². The van der Waals surface area contributed by atoms with Crippen molar-refractivity contribution < 1.29 is 19.5 Å². The van der Waals surface area contributed by atoms with Crippen molar-refractivity contribution in [1.82, 2.24) is 4.90 Å². The van der Waals surface area contributed by atoms with Crippen molar-refractivity contribution in [2.24, 2.45) is 11.3 Å². The van der Waals surface area contributed by atoms with Crippen molar-refractivity contribution in [2.45, 2.75) is 46.6 Å². The van der Waals surface area contributed by atoms with Crippen LogP contribution in [0.2, 0.25) is 0 Å². The third kappa shape index (κ3) is 2.06. The molecular weight excluding hydrogens is 222 g/mol. The molecule has 0 spiro atoms. The fourth-order valence-corrected chi connectivity index (χ4v) is 2.10. The Labute approximate surface area is 101 Å². The summed E-state index contributed by atoms with van der Waals surface area (Å²) >= 11 is 0. The summed E-state index contributed by atoms with van der Waals surface area (Å²) in [7, 11) is 0. The summed E-state index contributed by atoms with van der Waals surface area (Å²) in [6.07, 6.45) is 0.342. The first-order valence-corrected chi connectivity index (χ1v) is 5.85. The molecular formula is C12H19NO4. The molecule has 1 heterocycles. The molecule has 1 N–H and O–H groups in total. The molecule has 1 saturated heterocycles. The van der Waals surface area contributed by atoms with Gasteiger partial charge in [-0.2, -0.15) is 0 Å². The monoisotopic (exact) mass is 241 g/mol. The maximum absolute atomic E-state index is 12.2. The van der Waals surface area contributed by atoms with Crippen LogP contribution in [0.15, 0.2) is 0 Å². The van der Waals surface area contributed by atoms with Gasteiger partial charge in [0.25, 0.3) is 0 Å². The molecule has 96 valence electrons. The van der Waals surface area contributed by atoms with E-state index in [0.717, 1.165) is 4.90 Å². The zero-order chi connectivity index (χ0) is 13.4. The summed E-state index contributed by atoms with van der Waals surface area (Å²) in [6.45, 7) is 7.13. The molecule has 0 aromatic heterocycles. The van der Waals surface area contributed by atoms with Crippen LogP contribution < -0.4 is 0 Å². The van der Waals surface area contributed by atoms with E-state index in [4.69, 9.17) is 5.11 Å². The van der Waals surface area contributed by atoms with Crippen molar-refractivity contribution in [3.8, 4) is 0 Å². The zero-order valence-electron chi connectivity index (χ0n) is 10.7. The lowest BCUT2D eigenvalue weighted by atomic mass is 9.78. The van der Waals surface area contributed by atoms with E-state index >= 15 is 0 Å². The van der Waals surface area contributed by atoms with E-state index in [1.165, 1.54) is 0 Å². The number of hydrogen-bond acceptors (Lipinski definition) is 3. The molecule has 2 atom stereocenters. The van der Waals surface area contributed by atoms with Crippen LogP contribution >= 0.6 is 0 Å². The Morgan fingerprint density at radius 2 is 2.00 bits per heavy atom. The van der Waals surface area contributed by atoms with Crippen LogP contribution in [0, 0.1) is 11.3 Å². The van der Waals surface area contributed by atoms with Gasteiger partial charge >= 0.3 is 5.97 Å². The van der Waals surface area contributed by atoms with E-state index in [1.54, 1.807) is 13.8 Å². The van der Waals surface area contributed by atoms with Gasteiger partial charge < -0.3 is 5.11 Å². The molecule has 1 fully saturated rings. The summed E-state index contributed by atoms with van der Waals surface area (Å²) in [5.74, 6) is -1.84. The first-order chi connectivity index (χ1) is 7.75. The number of hydrogen-bond donors (Lipinski definition) is 1. The lowest BCUT2D eigenvalue weighted by Gasteiger charge is -2.28. The number of amides is 2. The molecule has 0 saturated carbocycles. The van der Waals surface area contributed by atoms with Crippen LogP contribution in [0.4, 0.5) is 0 Å². The number of carbonyl (C=O) groups excluding carboxylic acids is 2. The van der Waals surface area contributed by atoms with E-state index in [-0.39, 0.29) is 30.6 Å². The predicted molar refractivity (Wildman–Crippen MR) is 61.1 cm³/mol. The van der Waals surface area contributed by atoms with Crippen molar-refractivity contribution >= 4 is 17.8 Å². The van der Waals surface area contributed by atoms with Crippen molar-refractivity contribution in [3.05, 3.63) is 0 Å². The van der Waals surface area contributed by atoms with Crippen LogP contribution in [0.3, 0.4) is 0 Å². The number of likely N-dealkylation sites (tertiary alicyclic amines) is 1. The summed E-state index contributed by atoms with van der Waals surface area (Å²) in [6, 6.07) is -1.03. The standard InChI is InChI=1S/C12H19NO4/c1-5-8(10(15)16)13-9(14)6-12(4,7(2)3)11(13)17/h7-8H,5-6H2,1-4H3,(H,15,16). The van der Waals surface area contributed by atoms with Gasteiger partial charge in [0.15, 0.2) is 0 Å². The number of nitrogens with zero attached hydrogens (tertiary/aromatic N) is 1. The molecule has 5 heteroatoms. The Balaban J connectivity index is 3.09. The molecule has 17 heavy (non-hydrogen) atoms. The fraction of sp³-hybridized carbons (Fsp3) is 0.750. The van der Waals surface area contributed by atoms with Gasteiger partial charge in [0.2, 0.25) is 11.8 Å². The van der Waals surface area contributed by atoms with Gasteiger partial charge in [-0.05, 0) is 19.3 Å². The highest BCUT2D eigenvalue weighted by Crippen LogP contribution is 2.40. The molecule has 0 aliphatic carbocycles. The molecule has 1 rings (SSSR count).